The molecule has 5 nitrogen and oxygen atoms in total. The molecule has 21 heavy (non-hydrogen) atoms. The first-order valence-electron chi connectivity index (χ1n) is 8.04. The van der Waals surface area contributed by atoms with Crippen molar-refractivity contribution in [2.45, 2.75) is 65.0 Å². The van der Waals surface area contributed by atoms with Crippen molar-refractivity contribution < 1.29 is 14.3 Å². The lowest BCUT2D eigenvalue weighted by atomic mass is 10.0. The minimum Gasteiger partial charge on any atom is -0.444 e. The van der Waals surface area contributed by atoms with Crippen LogP contribution in [0, 0.1) is 11.8 Å². The van der Waals surface area contributed by atoms with E-state index in [-0.39, 0.29) is 17.9 Å². The van der Waals surface area contributed by atoms with Gasteiger partial charge < -0.3 is 15.0 Å². The summed E-state index contributed by atoms with van der Waals surface area (Å²) in [4.78, 5) is 26.0. The number of carbonyl (C=O) groups excluding carboxylic acids is 2. The summed E-state index contributed by atoms with van der Waals surface area (Å²) in [6.07, 6.45) is 3.88. The van der Waals surface area contributed by atoms with E-state index in [0.717, 1.165) is 12.8 Å². The molecule has 1 N–H and O–H groups in total. The Bertz CT molecular complexity index is 403. The maximum Gasteiger partial charge on any atom is 0.410 e. The van der Waals surface area contributed by atoms with Crippen molar-refractivity contribution in [3.8, 4) is 0 Å². The number of amides is 2. The summed E-state index contributed by atoms with van der Waals surface area (Å²) in [6.45, 7) is 8.83. The maximum atomic E-state index is 12.3. The molecule has 2 rings (SSSR count). The number of hydrogen-bond acceptors (Lipinski definition) is 3. The van der Waals surface area contributed by atoms with E-state index in [1.54, 1.807) is 4.90 Å². The SMILES string of the molecule is C[C@@H]1CCC[C@@H]1NC(=O)[C@H]1CCN(C(=O)OC(C)(C)C)C1. The number of carbonyl (C=O) groups is 2. The predicted molar refractivity (Wildman–Crippen MR) is 80.9 cm³/mol. The van der Waals surface area contributed by atoms with Gasteiger partial charge in [0, 0.05) is 19.1 Å². The molecule has 0 spiro atoms. The van der Waals surface area contributed by atoms with Crippen molar-refractivity contribution in [1.82, 2.24) is 10.2 Å². The zero-order valence-electron chi connectivity index (χ0n) is 13.6. The molecular formula is C16H28N2O3. The van der Waals surface area contributed by atoms with Gasteiger partial charge in [-0.05, 0) is 46.0 Å². The highest BCUT2D eigenvalue weighted by Gasteiger charge is 2.35. The van der Waals surface area contributed by atoms with Gasteiger partial charge in [-0.3, -0.25) is 4.79 Å². The summed E-state index contributed by atoms with van der Waals surface area (Å²) in [5.74, 6) is 0.572. The quantitative estimate of drug-likeness (QED) is 0.852. The average Bonchev–Trinajstić information content (AvgIpc) is 2.97. The summed E-state index contributed by atoms with van der Waals surface area (Å²) in [5, 5.41) is 3.16. The summed E-state index contributed by atoms with van der Waals surface area (Å²) >= 11 is 0. The number of ether oxygens (including phenoxy) is 1. The van der Waals surface area contributed by atoms with Gasteiger partial charge in [0.15, 0.2) is 0 Å². The Balaban J connectivity index is 1.81. The molecule has 0 unspecified atom stereocenters. The zero-order valence-corrected chi connectivity index (χ0v) is 13.6. The second kappa shape index (κ2) is 6.24. The van der Waals surface area contributed by atoms with Crippen molar-refractivity contribution in [2.75, 3.05) is 13.1 Å². The Morgan fingerprint density at radius 2 is 1.90 bits per heavy atom. The lowest BCUT2D eigenvalue weighted by molar-refractivity contribution is -0.125. The number of likely N-dealkylation sites (tertiary alicyclic amines) is 1. The molecule has 0 aromatic heterocycles. The van der Waals surface area contributed by atoms with Crippen LogP contribution < -0.4 is 5.32 Å². The minimum absolute atomic E-state index is 0.0923. The fourth-order valence-electron chi connectivity index (χ4n) is 3.13. The Hall–Kier alpha value is -1.26. The van der Waals surface area contributed by atoms with Crippen LogP contribution in [0.3, 0.4) is 0 Å². The van der Waals surface area contributed by atoms with Gasteiger partial charge in [0.2, 0.25) is 5.91 Å². The van der Waals surface area contributed by atoms with E-state index < -0.39 is 5.60 Å². The van der Waals surface area contributed by atoms with E-state index in [0.29, 0.717) is 25.0 Å². The van der Waals surface area contributed by atoms with Crippen LogP contribution in [-0.2, 0) is 9.53 Å². The lowest BCUT2D eigenvalue weighted by Gasteiger charge is -2.24. The fraction of sp³-hybridized carbons (Fsp3) is 0.875. The highest BCUT2D eigenvalue weighted by Crippen LogP contribution is 2.26. The molecule has 1 heterocycles. The van der Waals surface area contributed by atoms with E-state index in [4.69, 9.17) is 4.74 Å². The number of nitrogens with zero attached hydrogens (tertiary/aromatic N) is 1. The highest BCUT2D eigenvalue weighted by atomic mass is 16.6. The van der Waals surface area contributed by atoms with Crippen molar-refractivity contribution in [3.63, 3.8) is 0 Å². The van der Waals surface area contributed by atoms with Gasteiger partial charge >= 0.3 is 6.09 Å². The van der Waals surface area contributed by atoms with E-state index in [9.17, 15) is 9.59 Å². The Morgan fingerprint density at radius 3 is 2.48 bits per heavy atom. The molecule has 1 saturated heterocycles. The molecule has 2 fully saturated rings. The molecule has 5 heteroatoms. The monoisotopic (exact) mass is 296 g/mol. The molecule has 120 valence electrons. The van der Waals surface area contributed by atoms with E-state index in [1.165, 1.54) is 12.8 Å². The normalized spacial score (nSPS) is 29.5. The van der Waals surface area contributed by atoms with Gasteiger partial charge in [0.05, 0.1) is 5.92 Å². The third-order valence-electron chi connectivity index (χ3n) is 4.40. The van der Waals surface area contributed by atoms with Crippen molar-refractivity contribution in [2.24, 2.45) is 11.8 Å². The first kappa shape index (κ1) is 16.1. The molecule has 2 aliphatic rings. The topological polar surface area (TPSA) is 58.6 Å². The largest absolute Gasteiger partial charge is 0.444 e. The van der Waals surface area contributed by atoms with E-state index >= 15 is 0 Å². The van der Waals surface area contributed by atoms with Gasteiger partial charge in [0.1, 0.15) is 5.60 Å². The summed E-state index contributed by atoms with van der Waals surface area (Å²) in [5.41, 5.74) is -0.489. The summed E-state index contributed by atoms with van der Waals surface area (Å²) in [7, 11) is 0. The number of nitrogens with one attached hydrogen (secondary N) is 1. The highest BCUT2D eigenvalue weighted by molar-refractivity contribution is 5.81. The molecule has 2 amide bonds. The molecular weight excluding hydrogens is 268 g/mol. The molecule has 0 aromatic rings. The van der Waals surface area contributed by atoms with Gasteiger partial charge in [-0.15, -0.1) is 0 Å². The Kier molecular flexibility index (Phi) is 4.79. The number of rotatable bonds is 2. The third-order valence-corrected chi connectivity index (χ3v) is 4.40. The van der Waals surface area contributed by atoms with Gasteiger partial charge in [-0.25, -0.2) is 4.79 Å². The molecule has 0 aromatic carbocycles. The molecule has 1 aliphatic heterocycles. The van der Waals surface area contributed by atoms with Crippen LogP contribution >= 0.6 is 0 Å². The third kappa shape index (κ3) is 4.35. The van der Waals surface area contributed by atoms with Crippen molar-refractivity contribution in [1.29, 1.82) is 0 Å². The van der Waals surface area contributed by atoms with Gasteiger partial charge in [-0.2, -0.15) is 0 Å². The van der Waals surface area contributed by atoms with Crippen LogP contribution in [0.15, 0.2) is 0 Å². The van der Waals surface area contributed by atoms with Crippen LogP contribution in [-0.4, -0.2) is 41.6 Å². The number of hydrogen-bond donors (Lipinski definition) is 1. The lowest BCUT2D eigenvalue weighted by Crippen LogP contribution is -2.42. The molecule has 1 saturated carbocycles. The molecule has 0 bridgehead atoms. The Labute approximate surface area is 127 Å². The summed E-state index contributed by atoms with van der Waals surface area (Å²) in [6, 6.07) is 0.313. The van der Waals surface area contributed by atoms with Crippen LogP contribution in [0.2, 0.25) is 0 Å². The smallest absolute Gasteiger partial charge is 0.410 e. The first-order chi connectivity index (χ1) is 9.76. The van der Waals surface area contributed by atoms with Crippen LogP contribution in [0.5, 0.6) is 0 Å². The second-order valence-corrected chi connectivity index (χ2v) is 7.44. The van der Waals surface area contributed by atoms with Crippen LogP contribution in [0.25, 0.3) is 0 Å². The van der Waals surface area contributed by atoms with Crippen molar-refractivity contribution in [3.05, 3.63) is 0 Å². The first-order valence-corrected chi connectivity index (χ1v) is 8.04. The van der Waals surface area contributed by atoms with Crippen LogP contribution in [0.4, 0.5) is 4.79 Å². The molecule has 3 atom stereocenters. The van der Waals surface area contributed by atoms with Gasteiger partial charge in [-0.1, -0.05) is 13.3 Å². The molecule has 1 aliphatic carbocycles. The Morgan fingerprint density at radius 1 is 1.19 bits per heavy atom. The van der Waals surface area contributed by atoms with Crippen molar-refractivity contribution >= 4 is 12.0 Å². The van der Waals surface area contributed by atoms with E-state index in [1.807, 2.05) is 20.8 Å². The standard InChI is InChI=1S/C16H28N2O3/c1-11-6-5-7-13(11)17-14(19)12-8-9-18(10-12)15(20)21-16(2,3)4/h11-13H,5-10H2,1-4H3,(H,17,19)/t11-,12+,13+/m1/s1. The predicted octanol–water partition coefficient (Wildman–Crippen LogP) is 2.55. The average molecular weight is 296 g/mol. The minimum atomic E-state index is -0.489. The van der Waals surface area contributed by atoms with Gasteiger partial charge in [0.25, 0.3) is 0 Å². The zero-order chi connectivity index (χ0) is 15.6. The second-order valence-electron chi connectivity index (χ2n) is 7.44. The van der Waals surface area contributed by atoms with Crippen LogP contribution in [0.1, 0.15) is 53.4 Å². The summed E-state index contributed by atoms with van der Waals surface area (Å²) < 4.78 is 5.36. The maximum absolute atomic E-state index is 12.3. The fourth-order valence-corrected chi connectivity index (χ4v) is 3.13. The molecule has 0 radical (unpaired) electrons. The van der Waals surface area contributed by atoms with E-state index in [2.05, 4.69) is 12.2 Å².